The standard InChI is InChI=1S/C7H14O3/c1-4-5(2)10-7(9)6(3)8/h5-6,8H,4H2,1-3H3/t5?,6-/m0/s1. The Balaban J connectivity index is 3.57. The summed E-state index contributed by atoms with van der Waals surface area (Å²) in [6.07, 6.45) is -0.325. The van der Waals surface area contributed by atoms with Crippen molar-refractivity contribution < 1.29 is 14.6 Å². The smallest absolute Gasteiger partial charge is 0.334 e. The molecule has 0 bridgehead atoms. The van der Waals surface area contributed by atoms with Crippen LogP contribution in [0.2, 0.25) is 0 Å². The predicted octanol–water partition coefficient (Wildman–Crippen LogP) is 0.709. The van der Waals surface area contributed by atoms with Crippen LogP contribution in [0.25, 0.3) is 0 Å². The van der Waals surface area contributed by atoms with Crippen LogP contribution in [0.4, 0.5) is 0 Å². The monoisotopic (exact) mass is 146 g/mol. The van der Waals surface area contributed by atoms with Gasteiger partial charge in [0.05, 0.1) is 6.10 Å². The number of carbonyl (C=O) groups is 1. The molecule has 1 N–H and O–H groups in total. The lowest BCUT2D eigenvalue weighted by atomic mass is 10.3. The van der Waals surface area contributed by atoms with Gasteiger partial charge in [-0.2, -0.15) is 0 Å². The van der Waals surface area contributed by atoms with Gasteiger partial charge in [-0.15, -0.1) is 0 Å². The van der Waals surface area contributed by atoms with Crippen molar-refractivity contribution in [1.82, 2.24) is 0 Å². The van der Waals surface area contributed by atoms with Gasteiger partial charge >= 0.3 is 5.97 Å². The molecule has 3 nitrogen and oxygen atoms in total. The van der Waals surface area contributed by atoms with Gasteiger partial charge in [-0.05, 0) is 20.3 Å². The van der Waals surface area contributed by atoms with Gasteiger partial charge in [-0.1, -0.05) is 6.92 Å². The Labute approximate surface area is 61.0 Å². The molecular weight excluding hydrogens is 132 g/mol. The van der Waals surface area contributed by atoms with E-state index in [2.05, 4.69) is 0 Å². The average Bonchev–Trinajstić information content (AvgIpc) is 1.87. The first-order chi connectivity index (χ1) is 4.57. The molecule has 3 heteroatoms. The van der Waals surface area contributed by atoms with Crippen molar-refractivity contribution in [3.05, 3.63) is 0 Å². The van der Waals surface area contributed by atoms with E-state index in [0.717, 1.165) is 6.42 Å². The fraction of sp³-hybridized carbons (Fsp3) is 0.857. The third kappa shape index (κ3) is 3.45. The molecule has 0 aliphatic carbocycles. The van der Waals surface area contributed by atoms with Crippen LogP contribution in [-0.2, 0) is 9.53 Å². The van der Waals surface area contributed by atoms with Gasteiger partial charge in [-0.25, -0.2) is 4.79 Å². The minimum atomic E-state index is -1.01. The molecule has 0 rings (SSSR count). The molecule has 0 heterocycles. The number of hydrogen-bond acceptors (Lipinski definition) is 3. The molecule has 60 valence electrons. The van der Waals surface area contributed by atoms with Gasteiger partial charge in [0, 0.05) is 0 Å². The van der Waals surface area contributed by atoms with Crippen LogP contribution in [0.3, 0.4) is 0 Å². The highest BCUT2D eigenvalue weighted by atomic mass is 16.6. The lowest BCUT2D eigenvalue weighted by Crippen LogP contribution is -2.23. The van der Waals surface area contributed by atoms with E-state index < -0.39 is 12.1 Å². The largest absolute Gasteiger partial charge is 0.461 e. The van der Waals surface area contributed by atoms with Crippen LogP contribution >= 0.6 is 0 Å². The minimum Gasteiger partial charge on any atom is -0.461 e. The van der Waals surface area contributed by atoms with E-state index >= 15 is 0 Å². The molecule has 0 aromatic heterocycles. The second kappa shape index (κ2) is 4.28. The summed E-state index contributed by atoms with van der Waals surface area (Å²) in [4.78, 5) is 10.6. The zero-order valence-corrected chi connectivity index (χ0v) is 6.63. The molecule has 0 amide bonds. The lowest BCUT2D eigenvalue weighted by molar-refractivity contribution is -0.157. The number of hydrogen-bond donors (Lipinski definition) is 1. The maximum atomic E-state index is 10.6. The molecule has 0 fully saturated rings. The Morgan fingerprint density at radius 1 is 1.60 bits per heavy atom. The van der Waals surface area contributed by atoms with Crippen molar-refractivity contribution in [2.24, 2.45) is 0 Å². The molecule has 0 spiro atoms. The first-order valence-electron chi connectivity index (χ1n) is 3.46. The summed E-state index contributed by atoms with van der Waals surface area (Å²) in [5.74, 6) is -0.547. The molecule has 0 saturated carbocycles. The summed E-state index contributed by atoms with van der Waals surface area (Å²) in [6, 6.07) is 0. The summed E-state index contributed by atoms with van der Waals surface area (Å²) < 4.78 is 4.77. The summed E-state index contributed by atoms with van der Waals surface area (Å²) in [7, 11) is 0. The highest BCUT2D eigenvalue weighted by Crippen LogP contribution is 1.98. The van der Waals surface area contributed by atoms with Crippen LogP contribution in [0.5, 0.6) is 0 Å². The van der Waals surface area contributed by atoms with E-state index in [4.69, 9.17) is 9.84 Å². The van der Waals surface area contributed by atoms with Gasteiger partial charge in [0.2, 0.25) is 0 Å². The summed E-state index contributed by atoms with van der Waals surface area (Å²) in [5.41, 5.74) is 0. The number of ether oxygens (including phenoxy) is 1. The molecule has 10 heavy (non-hydrogen) atoms. The van der Waals surface area contributed by atoms with Crippen molar-refractivity contribution in [3.63, 3.8) is 0 Å². The Kier molecular flexibility index (Phi) is 4.03. The number of aliphatic hydroxyl groups is 1. The average molecular weight is 146 g/mol. The summed E-state index contributed by atoms with van der Waals surface area (Å²) in [5, 5.41) is 8.69. The van der Waals surface area contributed by atoms with Crippen molar-refractivity contribution in [2.45, 2.75) is 39.4 Å². The Bertz CT molecular complexity index is 109. The van der Waals surface area contributed by atoms with Crippen LogP contribution in [0, 0.1) is 0 Å². The van der Waals surface area contributed by atoms with Gasteiger partial charge in [0.15, 0.2) is 0 Å². The highest BCUT2D eigenvalue weighted by Gasteiger charge is 2.12. The van der Waals surface area contributed by atoms with Gasteiger partial charge in [-0.3, -0.25) is 0 Å². The van der Waals surface area contributed by atoms with E-state index in [-0.39, 0.29) is 6.10 Å². The van der Waals surface area contributed by atoms with Gasteiger partial charge in [0.25, 0.3) is 0 Å². The Morgan fingerprint density at radius 2 is 2.10 bits per heavy atom. The van der Waals surface area contributed by atoms with Crippen molar-refractivity contribution in [1.29, 1.82) is 0 Å². The topological polar surface area (TPSA) is 46.5 Å². The van der Waals surface area contributed by atoms with Crippen LogP contribution in [-0.4, -0.2) is 23.3 Å². The van der Waals surface area contributed by atoms with Gasteiger partial charge < -0.3 is 9.84 Å². The molecule has 0 radical (unpaired) electrons. The van der Waals surface area contributed by atoms with E-state index in [9.17, 15) is 4.79 Å². The molecule has 0 saturated heterocycles. The third-order valence-corrected chi connectivity index (χ3v) is 1.23. The van der Waals surface area contributed by atoms with Gasteiger partial charge in [0.1, 0.15) is 6.10 Å². The Hall–Kier alpha value is -0.570. The fourth-order valence-electron chi connectivity index (χ4n) is 0.380. The summed E-state index contributed by atoms with van der Waals surface area (Å²) >= 11 is 0. The van der Waals surface area contributed by atoms with E-state index in [1.807, 2.05) is 6.92 Å². The quantitative estimate of drug-likeness (QED) is 0.596. The van der Waals surface area contributed by atoms with Crippen LogP contribution in [0.1, 0.15) is 27.2 Å². The number of esters is 1. The van der Waals surface area contributed by atoms with Crippen molar-refractivity contribution in [3.8, 4) is 0 Å². The predicted molar refractivity (Wildman–Crippen MR) is 37.5 cm³/mol. The maximum Gasteiger partial charge on any atom is 0.334 e. The molecule has 0 aliphatic rings. The molecule has 1 unspecified atom stereocenters. The third-order valence-electron chi connectivity index (χ3n) is 1.23. The van der Waals surface area contributed by atoms with E-state index in [1.165, 1.54) is 6.92 Å². The van der Waals surface area contributed by atoms with Crippen molar-refractivity contribution in [2.75, 3.05) is 0 Å². The molecule has 0 aliphatic heterocycles. The van der Waals surface area contributed by atoms with E-state index in [0.29, 0.717) is 0 Å². The van der Waals surface area contributed by atoms with Crippen LogP contribution in [0.15, 0.2) is 0 Å². The second-order valence-electron chi connectivity index (χ2n) is 2.33. The molecule has 2 atom stereocenters. The van der Waals surface area contributed by atoms with E-state index in [1.54, 1.807) is 6.92 Å². The fourth-order valence-corrected chi connectivity index (χ4v) is 0.380. The molecule has 0 aromatic rings. The lowest BCUT2D eigenvalue weighted by Gasteiger charge is -2.11. The second-order valence-corrected chi connectivity index (χ2v) is 2.33. The first kappa shape index (κ1) is 9.43. The summed E-state index contributed by atoms with van der Waals surface area (Å²) in [6.45, 7) is 5.10. The maximum absolute atomic E-state index is 10.6. The normalized spacial score (nSPS) is 16.0. The number of rotatable bonds is 3. The zero-order chi connectivity index (χ0) is 8.15. The number of carbonyl (C=O) groups excluding carboxylic acids is 1. The highest BCUT2D eigenvalue weighted by molar-refractivity contribution is 5.73. The molecule has 0 aromatic carbocycles. The minimum absolute atomic E-state index is 0.0953. The SMILES string of the molecule is CCC(C)OC(=O)[C@H](C)O. The van der Waals surface area contributed by atoms with Crippen molar-refractivity contribution >= 4 is 5.97 Å². The van der Waals surface area contributed by atoms with Crippen LogP contribution < -0.4 is 0 Å². The zero-order valence-electron chi connectivity index (χ0n) is 6.63. The molecular formula is C7H14O3. The first-order valence-corrected chi connectivity index (χ1v) is 3.46. The number of aliphatic hydroxyl groups excluding tert-OH is 1. The Morgan fingerprint density at radius 3 is 2.40 bits per heavy atom.